The fraction of sp³-hybridized carbons (Fsp3) is 0.500. The molecular formula is C10H15F3N4. The predicted octanol–water partition coefficient (Wildman–Crippen LogP) is 1.82. The Labute approximate surface area is 97.2 Å². The molecule has 0 bridgehead atoms. The average Bonchev–Trinajstić information content (AvgIpc) is 2.21. The third-order valence-electron chi connectivity index (χ3n) is 2.51. The van der Waals surface area contributed by atoms with Crippen LogP contribution < -0.4 is 17.0 Å². The number of hydrogen-bond acceptors (Lipinski definition) is 4. The Hall–Kier alpha value is -1.34. The van der Waals surface area contributed by atoms with Gasteiger partial charge in [-0.05, 0) is 25.0 Å². The van der Waals surface area contributed by atoms with Crippen LogP contribution in [0, 0.1) is 6.92 Å². The van der Waals surface area contributed by atoms with Gasteiger partial charge in [0, 0.05) is 18.2 Å². The van der Waals surface area contributed by atoms with E-state index in [0.717, 1.165) is 5.56 Å². The number of hydrazine groups is 1. The van der Waals surface area contributed by atoms with Crippen molar-refractivity contribution in [3.05, 3.63) is 23.4 Å². The van der Waals surface area contributed by atoms with E-state index in [4.69, 9.17) is 11.6 Å². The Morgan fingerprint density at radius 2 is 2.12 bits per heavy atom. The van der Waals surface area contributed by atoms with E-state index in [1.54, 1.807) is 13.0 Å². The Kier molecular flexibility index (Phi) is 4.30. The highest BCUT2D eigenvalue weighted by Gasteiger charge is 2.29. The molecule has 1 unspecified atom stereocenters. The number of rotatable bonds is 4. The van der Waals surface area contributed by atoms with Gasteiger partial charge in [-0.2, -0.15) is 13.2 Å². The van der Waals surface area contributed by atoms with Crippen molar-refractivity contribution in [3.63, 3.8) is 0 Å². The molecule has 0 aliphatic heterocycles. The van der Waals surface area contributed by atoms with Crippen LogP contribution in [0.2, 0.25) is 0 Å². The van der Waals surface area contributed by atoms with Crippen LogP contribution in [0.1, 0.15) is 30.0 Å². The Morgan fingerprint density at radius 3 is 2.59 bits per heavy atom. The molecule has 0 amide bonds. The van der Waals surface area contributed by atoms with Crippen molar-refractivity contribution in [2.24, 2.45) is 5.84 Å². The molecule has 17 heavy (non-hydrogen) atoms. The zero-order valence-corrected chi connectivity index (χ0v) is 9.38. The van der Waals surface area contributed by atoms with Gasteiger partial charge in [0.05, 0.1) is 6.04 Å². The summed E-state index contributed by atoms with van der Waals surface area (Å²) in [7, 11) is 0. The van der Waals surface area contributed by atoms with Gasteiger partial charge >= 0.3 is 6.18 Å². The molecule has 7 heteroatoms. The number of aromatic nitrogens is 1. The highest BCUT2D eigenvalue weighted by molar-refractivity contribution is 5.45. The second kappa shape index (κ2) is 5.33. The second-order valence-corrected chi connectivity index (χ2v) is 3.80. The lowest BCUT2D eigenvalue weighted by Crippen LogP contribution is -2.30. The van der Waals surface area contributed by atoms with Gasteiger partial charge in [0.1, 0.15) is 5.82 Å². The predicted molar refractivity (Wildman–Crippen MR) is 58.7 cm³/mol. The van der Waals surface area contributed by atoms with Gasteiger partial charge in [-0.25, -0.2) is 4.98 Å². The highest BCUT2D eigenvalue weighted by Crippen LogP contribution is 2.30. The van der Waals surface area contributed by atoms with Crippen LogP contribution in [0.5, 0.6) is 0 Å². The molecular weight excluding hydrogens is 233 g/mol. The van der Waals surface area contributed by atoms with Crippen molar-refractivity contribution in [2.45, 2.75) is 32.0 Å². The summed E-state index contributed by atoms with van der Waals surface area (Å²) in [5, 5.41) is 0. The van der Waals surface area contributed by atoms with Crippen molar-refractivity contribution in [2.75, 3.05) is 5.73 Å². The molecule has 96 valence electrons. The van der Waals surface area contributed by atoms with E-state index in [1.807, 2.05) is 0 Å². The van der Waals surface area contributed by atoms with Crippen molar-refractivity contribution < 1.29 is 13.2 Å². The van der Waals surface area contributed by atoms with E-state index in [9.17, 15) is 13.2 Å². The first kappa shape index (κ1) is 13.7. The number of pyridine rings is 1. The third-order valence-corrected chi connectivity index (χ3v) is 2.51. The number of nitrogens with two attached hydrogens (primary N) is 2. The monoisotopic (exact) mass is 248 g/mol. The van der Waals surface area contributed by atoms with Crippen LogP contribution in [0.4, 0.5) is 19.0 Å². The maximum Gasteiger partial charge on any atom is 0.389 e. The molecule has 4 nitrogen and oxygen atoms in total. The Morgan fingerprint density at radius 1 is 1.47 bits per heavy atom. The Bertz CT molecular complexity index is 358. The molecule has 0 fully saturated rings. The number of nitrogen functional groups attached to an aromatic ring is 1. The zero-order valence-electron chi connectivity index (χ0n) is 9.38. The summed E-state index contributed by atoms with van der Waals surface area (Å²) in [6.07, 6.45) is -3.79. The van der Waals surface area contributed by atoms with Crippen molar-refractivity contribution >= 4 is 5.82 Å². The molecule has 0 saturated carbocycles. The molecule has 1 heterocycles. The highest BCUT2D eigenvalue weighted by atomic mass is 19.4. The van der Waals surface area contributed by atoms with Gasteiger partial charge in [0.15, 0.2) is 0 Å². The number of halogens is 3. The minimum Gasteiger partial charge on any atom is -0.383 e. The fourth-order valence-electron chi connectivity index (χ4n) is 1.66. The molecule has 1 aromatic heterocycles. The smallest absolute Gasteiger partial charge is 0.383 e. The van der Waals surface area contributed by atoms with Gasteiger partial charge in [-0.15, -0.1) is 0 Å². The van der Waals surface area contributed by atoms with Crippen LogP contribution in [0.25, 0.3) is 0 Å². The lowest BCUT2D eigenvalue weighted by atomic mass is 9.99. The number of alkyl halides is 3. The maximum atomic E-state index is 12.2. The first-order valence-electron chi connectivity index (χ1n) is 5.09. The van der Waals surface area contributed by atoms with E-state index < -0.39 is 18.6 Å². The summed E-state index contributed by atoms with van der Waals surface area (Å²) in [5.41, 5.74) is 9.30. The third kappa shape index (κ3) is 3.86. The van der Waals surface area contributed by atoms with E-state index in [-0.39, 0.29) is 12.2 Å². The number of aryl methyl sites for hydroxylation is 1. The van der Waals surface area contributed by atoms with Gasteiger partial charge in [0.25, 0.3) is 0 Å². The van der Waals surface area contributed by atoms with Gasteiger partial charge in [-0.3, -0.25) is 11.3 Å². The maximum absolute atomic E-state index is 12.2. The summed E-state index contributed by atoms with van der Waals surface area (Å²) in [5.74, 6) is 5.48. The normalized spacial score (nSPS) is 13.7. The topological polar surface area (TPSA) is 77.0 Å². The number of nitrogens with zero attached hydrogens (tertiary/aromatic N) is 1. The Balaban J connectivity index is 2.87. The molecule has 0 saturated heterocycles. The van der Waals surface area contributed by atoms with Gasteiger partial charge in [0.2, 0.25) is 0 Å². The molecule has 1 rings (SSSR count). The molecule has 0 aliphatic carbocycles. The average molecular weight is 248 g/mol. The standard InChI is InChI=1S/C10H15F3N4/c1-6-3-5-16-9(14)8(6)7(17-15)2-4-10(11,12)13/h3,5,7,17H,2,4,15H2,1H3,(H2,14,16). The number of hydrogen-bond donors (Lipinski definition) is 3. The van der Waals surface area contributed by atoms with E-state index in [2.05, 4.69) is 10.4 Å². The van der Waals surface area contributed by atoms with Crippen LogP contribution in [0.3, 0.4) is 0 Å². The van der Waals surface area contributed by atoms with Crippen molar-refractivity contribution in [1.82, 2.24) is 10.4 Å². The minimum atomic E-state index is -4.21. The SMILES string of the molecule is Cc1ccnc(N)c1C(CCC(F)(F)F)NN. The molecule has 0 aromatic carbocycles. The largest absolute Gasteiger partial charge is 0.389 e. The van der Waals surface area contributed by atoms with Crippen LogP contribution in [0.15, 0.2) is 12.3 Å². The molecule has 5 N–H and O–H groups in total. The van der Waals surface area contributed by atoms with Crippen LogP contribution >= 0.6 is 0 Å². The number of anilines is 1. The lowest BCUT2D eigenvalue weighted by molar-refractivity contribution is -0.136. The zero-order chi connectivity index (χ0) is 13.1. The molecule has 1 aromatic rings. The van der Waals surface area contributed by atoms with Crippen molar-refractivity contribution in [1.29, 1.82) is 0 Å². The molecule has 0 radical (unpaired) electrons. The fourth-order valence-corrected chi connectivity index (χ4v) is 1.66. The van der Waals surface area contributed by atoms with Crippen LogP contribution in [-0.2, 0) is 0 Å². The van der Waals surface area contributed by atoms with E-state index in [1.165, 1.54) is 6.20 Å². The molecule has 0 spiro atoms. The molecule has 0 aliphatic rings. The van der Waals surface area contributed by atoms with Crippen LogP contribution in [-0.4, -0.2) is 11.2 Å². The summed E-state index contributed by atoms with van der Waals surface area (Å²) < 4.78 is 36.5. The summed E-state index contributed by atoms with van der Waals surface area (Å²) in [4.78, 5) is 3.85. The first-order chi connectivity index (χ1) is 7.85. The van der Waals surface area contributed by atoms with Crippen molar-refractivity contribution in [3.8, 4) is 0 Å². The quantitative estimate of drug-likeness (QED) is 0.561. The first-order valence-corrected chi connectivity index (χ1v) is 5.09. The van der Waals surface area contributed by atoms with E-state index >= 15 is 0 Å². The summed E-state index contributed by atoms with van der Waals surface area (Å²) in [6, 6.07) is 1.04. The van der Waals surface area contributed by atoms with E-state index in [0.29, 0.717) is 5.56 Å². The second-order valence-electron chi connectivity index (χ2n) is 3.80. The lowest BCUT2D eigenvalue weighted by Gasteiger charge is -2.20. The summed E-state index contributed by atoms with van der Waals surface area (Å²) >= 11 is 0. The molecule has 1 atom stereocenters. The van der Waals surface area contributed by atoms with Gasteiger partial charge in [-0.1, -0.05) is 0 Å². The summed E-state index contributed by atoms with van der Waals surface area (Å²) in [6.45, 7) is 1.76. The minimum absolute atomic E-state index is 0.170. The number of nitrogens with one attached hydrogen (secondary N) is 1. The van der Waals surface area contributed by atoms with Gasteiger partial charge < -0.3 is 5.73 Å².